The Morgan fingerprint density at radius 2 is 2.04 bits per heavy atom. The van der Waals surface area contributed by atoms with E-state index in [1.165, 1.54) is 6.07 Å². The van der Waals surface area contributed by atoms with E-state index in [0.717, 1.165) is 6.07 Å². The van der Waals surface area contributed by atoms with Crippen LogP contribution in [0.4, 0.5) is 18.9 Å². The number of nitrogens with one attached hydrogen (secondary N) is 1. The molecule has 0 saturated heterocycles. The van der Waals surface area contributed by atoms with Crippen LogP contribution in [-0.2, 0) is 10.9 Å². The first-order chi connectivity index (χ1) is 10.3. The van der Waals surface area contributed by atoms with Crippen LogP contribution in [0.5, 0.6) is 0 Å². The minimum atomic E-state index is -4.54. The summed E-state index contributed by atoms with van der Waals surface area (Å²) in [6.07, 6.45) is -3.84. The van der Waals surface area contributed by atoms with E-state index < -0.39 is 17.8 Å². The van der Waals surface area contributed by atoms with Gasteiger partial charge >= 0.3 is 6.18 Å². The van der Waals surface area contributed by atoms with Crippen LogP contribution in [0.15, 0.2) is 16.6 Å². The largest absolute Gasteiger partial charge is 0.418 e. The number of hydrogen-bond acceptors (Lipinski definition) is 4. The molecule has 1 aromatic carbocycles. The summed E-state index contributed by atoms with van der Waals surface area (Å²) in [5.74, 6) is 0. The molecule has 23 heavy (non-hydrogen) atoms. The fraction of sp³-hybridized carbons (Fsp3) is 0.571. The third-order valence-corrected chi connectivity index (χ3v) is 3.76. The maximum absolute atomic E-state index is 13.0. The van der Waals surface area contributed by atoms with Gasteiger partial charge in [0.25, 0.3) is 0 Å². The first kappa shape index (κ1) is 22.5. The quantitative estimate of drug-likeness (QED) is 0.444. The summed E-state index contributed by atoms with van der Waals surface area (Å²) in [7, 11) is 0. The molecule has 0 aliphatic rings. The summed E-state index contributed by atoms with van der Waals surface area (Å²) in [4.78, 5) is 0. The molecule has 134 valence electrons. The van der Waals surface area contributed by atoms with Crippen LogP contribution < -0.4 is 11.1 Å². The van der Waals surface area contributed by atoms with Crippen molar-refractivity contribution in [2.45, 2.75) is 25.6 Å². The Hall–Kier alpha value is -0.540. The van der Waals surface area contributed by atoms with E-state index in [4.69, 9.17) is 10.5 Å². The molecule has 1 rings (SSSR count). The lowest BCUT2D eigenvalue weighted by Crippen LogP contribution is -2.26. The van der Waals surface area contributed by atoms with Gasteiger partial charge in [-0.3, -0.25) is 0 Å². The smallest absolute Gasteiger partial charge is 0.397 e. The van der Waals surface area contributed by atoms with Gasteiger partial charge in [-0.25, -0.2) is 0 Å². The van der Waals surface area contributed by atoms with E-state index in [0.29, 0.717) is 31.7 Å². The zero-order valence-corrected chi connectivity index (χ0v) is 15.0. The van der Waals surface area contributed by atoms with E-state index in [-0.39, 0.29) is 29.2 Å². The molecule has 9 heteroatoms. The van der Waals surface area contributed by atoms with Gasteiger partial charge in [0, 0.05) is 17.7 Å². The van der Waals surface area contributed by atoms with Crippen molar-refractivity contribution in [3.63, 3.8) is 0 Å². The molecule has 1 atom stereocenters. The zero-order chi connectivity index (χ0) is 16.8. The Balaban J connectivity index is 0.00000484. The molecule has 4 nitrogen and oxygen atoms in total. The van der Waals surface area contributed by atoms with Crippen LogP contribution in [0.25, 0.3) is 0 Å². The molecule has 0 saturated carbocycles. The van der Waals surface area contributed by atoms with Gasteiger partial charge in [-0.05, 0) is 53.5 Å². The summed E-state index contributed by atoms with van der Waals surface area (Å²) in [5, 5.41) is 12.4. The fourth-order valence-corrected chi connectivity index (χ4v) is 2.44. The minimum Gasteiger partial charge on any atom is -0.397 e. The highest BCUT2D eigenvalue weighted by atomic mass is 79.9. The van der Waals surface area contributed by atoms with Crippen LogP contribution in [0.1, 0.15) is 30.5 Å². The predicted octanol–water partition coefficient (Wildman–Crippen LogP) is 3.52. The first-order valence-corrected chi connectivity index (χ1v) is 7.68. The van der Waals surface area contributed by atoms with Crippen molar-refractivity contribution in [1.29, 1.82) is 0 Å². The Kier molecular flexibility index (Phi) is 10.1. The lowest BCUT2D eigenvalue weighted by Gasteiger charge is -2.20. The number of aliphatic hydroxyl groups is 1. The van der Waals surface area contributed by atoms with Gasteiger partial charge in [-0.2, -0.15) is 13.2 Å². The average Bonchev–Trinajstić information content (AvgIpc) is 2.44. The molecule has 0 fully saturated rings. The van der Waals surface area contributed by atoms with Gasteiger partial charge in [0.2, 0.25) is 0 Å². The summed E-state index contributed by atoms with van der Waals surface area (Å²) in [6, 6.07) is 1.86. The number of nitrogen functional groups attached to an aromatic ring is 1. The third kappa shape index (κ3) is 6.84. The molecule has 0 radical (unpaired) electrons. The van der Waals surface area contributed by atoms with E-state index in [2.05, 4.69) is 21.2 Å². The Bertz CT molecular complexity index is 490. The number of aliphatic hydroxyl groups excluding tert-OH is 1. The minimum absolute atomic E-state index is 0. The highest BCUT2D eigenvalue weighted by Crippen LogP contribution is 2.38. The second kappa shape index (κ2) is 10.4. The molecule has 0 heterocycles. The average molecular weight is 422 g/mol. The number of hydrogen-bond donors (Lipinski definition) is 3. The number of nitrogens with two attached hydrogens (primary N) is 1. The van der Waals surface area contributed by atoms with Gasteiger partial charge in [0.1, 0.15) is 0 Å². The Labute approximate surface area is 148 Å². The SMILES string of the molecule is CCOCCCNC(CO)c1cc(Br)c(N)c(C(F)(F)F)c1.Cl. The number of alkyl halides is 3. The summed E-state index contributed by atoms with van der Waals surface area (Å²) in [5.41, 5.74) is 4.53. The zero-order valence-electron chi connectivity index (χ0n) is 12.6. The molecule has 1 unspecified atom stereocenters. The molecule has 0 spiro atoms. The van der Waals surface area contributed by atoms with Crippen molar-refractivity contribution in [1.82, 2.24) is 5.32 Å². The molecular formula is C14H21BrClF3N2O2. The van der Waals surface area contributed by atoms with Crippen LogP contribution in [0.3, 0.4) is 0 Å². The lowest BCUT2D eigenvalue weighted by molar-refractivity contribution is -0.137. The van der Waals surface area contributed by atoms with Crippen LogP contribution in [0.2, 0.25) is 0 Å². The highest BCUT2D eigenvalue weighted by molar-refractivity contribution is 9.10. The standard InChI is InChI=1S/C14H20BrF3N2O2.ClH/c1-2-22-5-3-4-20-12(8-21)9-6-10(14(16,17)18)13(19)11(15)7-9;/h6-7,12,20-21H,2-5,8,19H2,1H3;1H. The molecule has 0 aliphatic carbocycles. The molecule has 0 aliphatic heterocycles. The number of rotatable bonds is 8. The highest BCUT2D eigenvalue weighted by Gasteiger charge is 2.34. The van der Waals surface area contributed by atoms with Crippen molar-refractivity contribution in [2.75, 3.05) is 32.1 Å². The molecule has 1 aromatic rings. The molecule has 0 bridgehead atoms. The van der Waals surface area contributed by atoms with Gasteiger partial charge < -0.3 is 20.9 Å². The normalized spacial score (nSPS) is 12.8. The molecular weight excluding hydrogens is 401 g/mol. The van der Waals surface area contributed by atoms with Crippen LogP contribution in [0, 0.1) is 0 Å². The van der Waals surface area contributed by atoms with Crippen LogP contribution >= 0.6 is 28.3 Å². The lowest BCUT2D eigenvalue weighted by atomic mass is 10.0. The van der Waals surface area contributed by atoms with Gasteiger partial charge in [0.05, 0.1) is 23.9 Å². The second-order valence-corrected chi connectivity index (χ2v) is 5.56. The second-order valence-electron chi connectivity index (χ2n) is 4.70. The number of anilines is 1. The van der Waals surface area contributed by atoms with Crippen molar-refractivity contribution >= 4 is 34.0 Å². The topological polar surface area (TPSA) is 67.5 Å². The Morgan fingerprint density at radius 3 is 2.57 bits per heavy atom. The van der Waals surface area contributed by atoms with Crippen molar-refractivity contribution < 1.29 is 23.0 Å². The monoisotopic (exact) mass is 420 g/mol. The summed E-state index contributed by atoms with van der Waals surface area (Å²) in [6.45, 7) is 3.26. The Morgan fingerprint density at radius 1 is 1.39 bits per heavy atom. The summed E-state index contributed by atoms with van der Waals surface area (Å²) < 4.78 is 44.2. The van der Waals surface area contributed by atoms with Gasteiger partial charge in [0.15, 0.2) is 0 Å². The number of ether oxygens (including phenoxy) is 1. The molecule has 4 N–H and O–H groups in total. The van der Waals surface area contributed by atoms with E-state index in [1.54, 1.807) is 0 Å². The van der Waals surface area contributed by atoms with E-state index in [9.17, 15) is 18.3 Å². The van der Waals surface area contributed by atoms with Gasteiger partial charge in [-0.1, -0.05) is 0 Å². The van der Waals surface area contributed by atoms with Crippen molar-refractivity contribution in [2.24, 2.45) is 0 Å². The third-order valence-electron chi connectivity index (χ3n) is 3.10. The van der Waals surface area contributed by atoms with E-state index in [1.807, 2.05) is 6.92 Å². The fourth-order valence-electron chi connectivity index (χ4n) is 1.96. The molecule has 0 aromatic heterocycles. The maximum atomic E-state index is 13.0. The summed E-state index contributed by atoms with van der Waals surface area (Å²) >= 11 is 3.03. The predicted molar refractivity (Wildman–Crippen MR) is 89.7 cm³/mol. The first-order valence-electron chi connectivity index (χ1n) is 6.89. The van der Waals surface area contributed by atoms with Gasteiger partial charge in [-0.15, -0.1) is 12.4 Å². The van der Waals surface area contributed by atoms with Crippen molar-refractivity contribution in [3.8, 4) is 0 Å². The van der Waals surface area contributed by atoms with Crippen LogP contribution in [-0.4, -0.2) is 31.5 Å². The maximum Gasteiger partial charge on any atom is 0.418 e. The van der Waals surface area contributed by atoms with E-state index >= 15 is 0 Å². The van der Waals surface area contributed by atoms with Crippen molar-refractivity contribution in [3.05, 3.63) is 27.7 Å². The number of halogens is 5. The number of benzene rings is 1. The molecule has 0 amide bonds.